The zero-order chi connectivity index (χ0) is 5.41. The fourth-order valence-electron chi connectivity index (χ4n) is 0. The molecule has 5 heteroatoms. The van der Waals surface area contributed by atoms with E-state index in [-0.39, 0.29) is 22.4 Å². The third kappa shape index (κ3) is 753. The van der Waals surface area contributed by atoms with Gasteiger partial charge in [0.15, 0.2) is 0 Å². The summed E-state index contributed by atoms with van der Waals surface area (Å²) in [5.74, 6) is 0. The standard InChI is InChI=1S/2CH2O2.Ag/c2*2-1-3;/h2*1H,(H,2,3);/q;;+2/p-2. The Hall–Kier alpha value is -0.320. The molecule has 0 atom stereocenters. The van der Waals surface area contributed by atoms with E-state index in [4.69, 9.17) is 19.8 Å². The van der Waals surface area contributed by atoms with Crippen molar-refractivity contribution in [2.75, 3.05) is 0 Å². The summed E-state index contributed by atoms with van der Waals surface area (Å²) in [6, 6.07) is 0. The Morgan fingerprint density at radius 3 is 1.00 bits per heavy atom. The zero-order valence-electron chi connectivity index (χ0n) is 3.09. The zero-order valence-corrected chi connectivity index (χ0v) is 4.57. The van der Waals surface area contributed by atoms with E-state index in [0.717, 1.165) is 0 Å². The summed E-state index contributed by atoms with van der Waals surface area (Å²) >= 11 is 0. The molecule has 1 radical (unpaired) electrons. The first-order valence-corrected chi connectivity index (χ1v) is 0.943. The first-order valence-electron chi connectivity index (χ1n) is 0.943. The van der Waals surface area contributed by atoms with Crippen LogP contribution < -0.4 is 10.2 Å². The van der Waals surface area contributed by atoms with Gasteiger partial charge in [-0.3, -0.25) is 0 Å². The van der Waals surface area contributed by atoms with E-state index in [1.165, 1.54) is 0 Å². The van der Waals surface area contributed by atoms with Crippen molar-refractivity contribution in [2.45, 2.75) is 0 Å². The summed E-state index contributed by atoms with van der Waals surface area (Å²) in [6.45, 7) is -1.00. The summed E-state index contributed by atoms with van der Waals surface area (Å²) in [6.07, 6.45) is 0. The molecule has 0 saturated heterocycles. The van der Waals surface area contributed by atoms with Gasteiger partial charge in [-0.05, 0) is 0 Å². The predicted molar refractivity (Wildman–Crippen MR) is 12.1 cm³/mol. The predicted octanol–water partition coefficient (Wildman–Crippen LogP) is -3.27. The molecule has 0 rings (SSSR count). The van der Waals surface area contributed by atoms with E-state index in [1.54, 1.807) is 0 Å². The van der Waals surface area contributed by atoms with Gasteiger partial charge in [0, 0.05) is 12.9 Å². The molecule has 0 heterocycles. The maximum Gasteiger partial charge on any atom is 2.00 e. The van der Waals surface area contributed by atoms with E-state index in [2.05, 4.69) is 0 Å². The molecular weight excluding hydrogens is 196 g/mol. The molecule has 0 saturated carbocycles. The SMILES string of the molecule is O=C[O-].O=C[O-].[Ag+2]. The number of carboxylic acid groups (broad SMARTS) is 2. The largest absolute Gasteiger partial charge is 2.00 e. The fraction of sp³-hybridized carbons (Fsp3) is 0. The van der Waals surface area contributed by atoms with E-state index < -0.39 is 12.9 Å². The average molecular weight is 198 g/mol. The number of rotatable bonds is 0. The van der Waals surface area contributed by atoms with Gasteiger partial charge in [0.05, 0.1) is 0 Å². The van der Waals surface area contributed by atoms with E-state index in [9.17, 15) is 0 Å². The van der Waals surface area contributed by atoms with Crippen molar-refractivity contribution < 1.29 is 42.2 Å². The molecule has 4 nitrogen and oxygen atoms in total. The topological polar surface area (TPSA) is 80.3 Å². The number of hydrogen-bond acceptors (Lipinski definition) is 4. The quantitative estimate of drug-likeness (QED) is 0.302. The minimum Gasteiger partial charge on any atom is -0.554 e. The van der Waals surface area contributed by atoms with Crippen LogP contribution in [0.2, 0.25) is 0 Å². The molecule has 0 bridgehead atoms. The summed E-state index contributed by atoms with van der Waals surface area (Å²) in [7, 11) is 0. The van der Waals surface area contributed by atoms with E-state index in [1.807, 2.05) is 0 Å². The molecule has 0 N–H and O–H groups in total. The third-order valence-corrected chi connectivity index (χ3v) is 0. The molecule has 0 aromatic rings. The fourth-order valence-corrected chi connectivity index (χ4v) is 0. The molecular formula is C2H2AgO4. The van der Waals surface area contributed by atoms with Gasteiger partial charge in [-0.1, -0.05) is 0 Å². The minimum atomic E-state index is -0.500. The van der Waals surface area contributed by atoms with Crippen LogP contribution >= 0.6 is 0 Å². The second kappa shape index (κ2) is 44.1. The average Bonchev–Trinajstić information content (AvgIpc) is 1.39. The molecule has 0 amide bonds. The van der Waals surface area contributed by atoms with Gasteiger partial charge in [0.1, 0.15) is 0 Å². The van der Waals surface area contributed by atoms with Crippen molar-refractivity contribution in [1.82, 2.24) is 0 Å². The van der Waals surface area contributed by atoms with Crippen molar-refractivity contribution in [3.05, 3.63) is 0 Å². The van der Waals surface area contributed by atoms with Crippen LogP contribution in [0.3, 0.4) is 0 Å². The van der Waals surface area contributed by atoms with Crippen molar-refractivity contribution in [3.63, 3.8) is 0 Å². The van der Waals surface area contributed by atoms with Gasteiger partial charge < -0.3 is 19.8 Å². The van der Waals surface area contributed by atoms with E-state index >= 15 is 0 Å². The van der Waals surface area contributed by atoms with Crippen molar-refractivity contribution in [1.29, 1.82) is 0 Å². The van der Waals surface area contributed by atoms with Crippen LogP contribution in [0.1, 0.15) is 0 Å². The summed E-state index contributed by atoms with van der Waals surface area (Å²) in [4.78, 5) is 16.5. The smallest absolute Gasteiger partial charge is 0.554 e. The Morgan fingerprint density at radius 1 is 1.00 bits per heavy atom. The molecule has 0 fully saturated rings. The Bertz CT molecular complexity index is 30.7. The number of hydrogen-bond donors (Lipinski definition) is 0. The normalized spacial score (nSPS) is 3.43. The Labute approximate surface area is 55.7 Å². The summed E-state index contributed by atoms with van der Waals surface area (Å²) < 4.78 is 0. The maximum atomic E-state index is 8.25. The first-order chi connectivity index (χ1) is 2.83. The molecule has 0 aromatic heterocycles. The van der Waals surface area contributed by atoms with Crippen molar-refractivity contribution in [2.24, 2.45) is 0 Å². The van der Waals surface area contributed by atoms with Gasteiger partial charge >= 0.3 is 22.4 Å². The molecule has 0 aromatic carbocycles. The van der Waals surface area contributed by atoms with Crippen LogP contribution in [0.15, 0.2) is 0 Å². The Kier molecular flexibility index (Phi) is 100. The first kappa shape index (κ1) is 15.9. The molecule has 7 heavy (non-hydrogen) atoms. The Balaban J connectivity index is -0.0000000400. The molecule has 45 valence electrons. The maximum absolute atomic E-state index is 8.25. The van der Waals surface area contributed by atoms with Crippen LogP contribution in [0.5, 0.6) is 0 Å². The monoisotopic (exact) mass is 197 g/mol. The van der Waals surface area contributed by atoms with Gasteiger partial charge in [-0.15, -0.1) is 0 Å². The second-order valence-electron chi connectivity index (χ2n) is 0.192. The van der Waals surface area contributed by atoms with Crippen molar-refractivity contribution >= 4 is 12.9 Å². The molecule has 0 spiro atoms. The number of carbonyl (C=O) groups excluding carboxylic acids is 2. The summed E-state index contributed by atoms with van der Waals surface area (Å²) in [5, 5.41) is 16.5. The van der Waals surface area contributed by atoms with Crippen molar-refractivity contribution in [3.8, 4) is 0 Å². The van der Waals surface area contributed by atoms with Gasteiger partial charge in [-0.2, -0.15) is 0 Å². The van der Waals surface area contributed by atoms with Crippen LogP contribution in [0.25, 0.3) is 0 Å². The van der Waals surface area contributed by atoms with E-state index in [0.29, 0.717) is 0 Å². The molecule has 0 aliphatic carbocycles. The third-order valence-electron chi connectivity index (χ3n) is 0. The van der Waals surface area contributed by atoms with Gasteiger partial charge in [0.2, 0.25) is 0 Å². The van der Waals surface area contributed by atoms with Crippen LogP contribution in [0.4, 0.5) is 0 Å². The minimum absolute atomic E-state index is 0. The molecule has 0 aliphatic rings. The molecule has 0 aliphatic heterocycles. The summed E-state index contributed by atoms with van der Waals surface area (Å²) in [5.41, 5.74) is 0. The van der Waals surface area contributed by atoms with Crippen LogP contribution in [-0.4, -0.2) is 12.9 Å². The van der Waals surface area contributed by atoms with Crippen LogP contribution in [-0.2, 0) is 32.0 Å². The van der Waals surface area contributed by atoms with Crippen LogP contribution in [0, 0.1) is 0 Å². The Morgan fingerprint density at radius 2 is 1.00 bits per heavy atom. The van der Waals surface area contributed by atoms with Gasteiger partial charge in [-0.25, -0.2) is 0 Å². The second-order valence-corrected chi connectivity index (χ2v) is 0.192. The number of carbonyl (C=O) groups is 2. The molecule has 0 unspecified atom stereocenters. The van der Waals surface area contributed by atoms with Gasteiger partial charge in [0.25, 0.3) is 0 Å².